The van der Waals surface area contributed by atoms with Gasteiger partial charge in [-0.15, -0.1) is 0 Å². The van der Waals surface area contributed by atoms with Crippen molar-refractivity contribution in [1.29, 1.82) is 0 Å². The maximum Gasteiger partial charge on any atom is 0.197 e. The number of fused-ring (bicyclic) bond motifs is 1. The molecule has 3 rings (SSSR count). The van der Waals surface area contributed by atoms with Gasteiger partial charge in [0.2, 0.25) is 0 Å². The number of nitrogens with zero attached hydrogens (tertiary/aromatic N) is 2. The average molecular weight is 420 g/mol. The zero-order chi connectivity index (χ0) is 20.6. The van der Waals surface area contributed by atoms with Crippen LogP contribution in [0, 0.1) is 6.92 Å². The number of rotatable bonds is 11. The molecule has 29 heavy (non-hydrogen) atoms. The van der Waals surface area contributed by atoms with Gasteiger partial charge in [0, 0.05) is 24.9 Å². The first kappa shape index (κ1) is 21.2. The maximum atomic E-state index is 12.8. The Morgan fingerprint density at radius 2 is 1.93 bits per heavy atom. The van der Waals surface area contributed by atoms with Crippen LogP contribution in [0.2, 0.25) is 0 Å². The summed E-state index contributed by atoms with van der Waals surface area (Å²) in [6.07, 6.45) is 1.66. The zero-order valence-electron chi connectivity index (χ0n) is 16.8. The number of methoxy groups -OCH3 is 2. The summed E-state index contributed by atoms with van der Waals surface area (Å²) >= 11 is 0. The number of hydrogen-bond acceptors (Lipinski definition) is 7. The van der Waals surface area contributed by atoms with Crippen molar-refractivity contribution in [3.63, 3.8) is 0 Å². The van der Waals surface area contributed by atoms with Gasteiger partial charge in [-0.3, -0.25) is 9.19 Å². The van der Waals surface area contributed by atoms with Crippen molar-refractivity contribution in [2.24, 2.45) is 0 Å². The predicted octanol–water partition coefficient (Wildman–Crippen LogP) is 2.62. The van der Waals surface area contributed by atoms with Crippen molar-refractivity contribution >= 4 is 21.8 Å². The number of hydrogen-bond donors (Lipinski definition) is 1. The van der Waals surface area contributed by atoms with Crippen LogP contribution in [-0.4, -0.2) is 59.8 Å². The van der Waals surface area contributed by atoms with Gasteiger partial charge in [0.05, 0.1) is 60.2 Å². The van der Waals surface area contributed by atoms with E-state index in [2.05, 4.69) is 15.0 Å². The molecule has 0 aliphatic heterocycles. The Hall–Kier alpha value is -2.49. The van der Waals surface area contributed by atoms with Crippen molar-refractivity contribution in [1.82, 2.24) is 15.0 Å². The van der Waals surface area contributed by atoms with E-state index in [0.717, 1.165) is 16.6 Å². The van der Waals surface area contributed by atoms with Crippen LogP contribution in [-0.2, 0) is 26.0 Å². The Balaban J connectivity index is 1.64. The van der Waals surface area contributed by atoms with E-state index < -0.39 is 10.8 Å². The fraction of sp³-hybridized carbons (Fsp3) is 0.400. The smallest absolute Gasteiger partial charge is 0.197 e. The molecule has 0 saturated heterocycles. The van der Waals surface area contributed by atoms with Crippen molar-refractivity contribution < 1.29 is 23.2 Å². The normalized spacial score (nSPS) is 12.2. The van der Waals surface area contributed by atoms with Gasteiger partial charge in [-0.1, -0.05) is 0 Å². The molecule has 9 heteroatoms. The van der Waals surface area contributed by atoms with Crippen LogP contribution in [0.5, 0.6) is 11.5 Å². The van der Waals surface area contributed by atoms with Gasteiger partial charge in [0.1, 0.15) is 18.1 Å². The second-order valence-electron chi connectivity index (χ2n) is 6.25. The summed E-state index contributed by atoms with van der Waals surface area (Å²) in [6, 6.07) is 7.28. The maximum absolute atomic E-state index is 12.8. The third-order valence-corrected chi connectivity index (χ3v) is 5.49. The second-order valence-corrected chi connectivity index (χ2v) is 7.62. The first-order chi connectivity index (χ1) is 14.1. The standard InChI is InChI=1S/C20H25N3O5S/c1-14-18(21-7-6-19(14)28-11-10-27-9-8-25-2)13-29(24)20-22-16-5-4-15(26-3)12-17(16)23-20/h4-7,12H,8-11,13H2,1-3H3,(H,22,23). The molecule has 1 atom stereocenters. The van der Waals surface area contributed by atoms with E-state index in [0.29, 0.717) is 48.8 Å². The van der Waals surface area contributed by atoms with Crippen molar-refractivity contribution in [2.75, 3.05) is 40.6 Å². The van der Waals surface area contributed by atoms with Gasteiger partial charge in [0.15, 0.2) is 5.16 Å². The van der Waals surface area contributed by atoms with E-state index in [1.54, 1.807) is 26.5 Å². The number of ether oxygens (including phenoxy) is 4. The lowest BCUT2D eigenvalue weighted by atomic mass is 10.2. The minimum Gasteiger partial charge on any atom is -0.497 e. The number of benzene rings is 1. The lowest BCUT2D eigenvalue weighted by Gasteiger charge is -2.12. The van der Waals surface area contributed by atoms with Crippen molar-refractivity contribution in [3.8, 4) is 11.5 Å². The number of H-pyrrole nitrogens is 1. The minimum atomic E-state index is -1.37. The third kappa shape index (κ3) is 5.53. The van der Waals surface area contributed by atoms with Crippen LogP contribution < -0.4 is 9.47 Å². The summed E-state index contributed by atoms with van der Waals surface area (Å²) in [5, 5.41) is 0.410. The average Bonchev–Trinajstić information content (AvgIpc) is 3.16. The Kier molecular flexibility index (Phi) is 7.56. The summed E-state index contributed by atoms with van der Waals surface area (Å²) in [5.41, 5.74) is 3.09. The molecule has 1 unspecified atom stereocenters. The molecule has 0 saturated carbocycles. The highest BCUT2D eigenvalue weighted by molar-refractivity contribution is 7.84. The molecular weight excluding hydrogens is 394 g/mol. The van der Waals surface area contributed by atoms with E-state index in [1.165, 1.54) is 0 Å². The molecule has 2 heterocycles. The number of nitrogens with one attached hydrogen (secondary N) is 1. The van der Waals surface area contributed by atoms with E-state index in [-0.39, 0.29) is 5.75 Å². The summed E-state index contributed by atoms with van der Waals surface area (Å²) in [4.78, 5) is 11.9. The first-order valence-corrected chi connectivity index (χ1v) is 10.5. The highest BCUT2D eigenvalue weighted by Gasteiger charge is 2.15. The highest BCUT2D eigenvalue weighted by atomic mass is 32.2. The summed E-state index contributed by atoms with van der Waals surface area (Å²) in [6.45, 7) is 3.88. The fourth-order valence-corrected chi connectivity index (χ4v) is 3.81. The number of aromatic amines is 1. The van der Waals surface area contributed by atoms with Gasteiger partial charge < -0.3 is 23.9 Å². The van der Waals surface area contributed by atoms with E-state index in [9.17, 15) is 4.21 Å². The number of imidazole rings is 1. The molecular formula is C20H25N3O5S. The Morgan fingerprint density at radius 1 is 1.10 bits per heavy atom. The second kappa shape index (κ2) is 10.3. The highest BCUT2D eigenvalue weighted by Crippen LogP contribution is 2.23. The van der Waals surface area contributed by atoms with Gasteiger partial charge in [-0.2, -0.15) is 0 Å². The Morgan fingerprint density at radius 3 is 2.72 bits per heavy atom. The summed E-state index contributed by atoms with van der Waals surface area (Å²) < 4.78 is 34.2. The minimum absolute atomic E-state index is 0.240. The van der Waals surface area contributed by atoms with Crippen LogP contribution in [0.25, 0.3) is 11.0 Å². The lowest BCUT2D eigenvalue weighted by Crippen LogP contribution is -2.11. The molecule has 0 aliphatic rings. The van der Waals surface area contributed by atoms with Crippen molar-refractivity contribution in [2.45, 2.75) is 17.8 Å². The molecule has 0 fully saturated rings. The molecule has 0 radical (unpaired) electrons. The molecule has 8 nitrogen and oxygen atoms in total. The van der Waals surface area contributed by atoms with E-state index >= 15 is 0 Å². The molecule has 156 valence electrons. The largest absolute Gasteiger partial charge is 0.497 e. The summed E-state index contributed by atoms with van der Waals surface area (Å²) in [7, 11) is 1.87. The summed E-state index contributed by atoms with van der Waals surface area (Å²) in [5.74, 6) is 1.66. The molecule has 0 amide bonds. The van der Waals surface area contributed by atoms with Crippen LogP contribution in [0.15, 0.2) is 35.6 Å². The van der Waals surface area contributed by atoms with Crippen LogP contribution >= 0.6 is 0 Å². The molecule has 1 N–H and O–H groups in total. The third-order valence-electron chi connectivity index (χ3n) is 4.33. The monoisotopic (exact) mass is 419 g/mol. The van der Waals surface area contributed by atoms with E-state index in [1.807, 2.05) is 25.1 Å². The Labute approximate surface area is 172 Å². The van der Waals surface area contributed by atoms with Gasteiger partial charge in [0.25, 0.3) is 0 Å². The van der Waals surface area contributed by atoms with Crippen LogP contribution in [0.4, 0.5) is 0 Å². The Bertz CT molecular complexity index is 976. The fourth-order valence-electron chi connectivity index (χ4n) is 2.71. The quantitative estimate of drug-likeness (QED) is 0.477. The molecule has 0 bridgehead atoms. The van der Waals surface area contributed by atoms with Crippen molar-refractivity contribution in [3.05, 3.63) is 41.7 Å². The zero-order valence-corrected chi connectivity index (χ0v) is 17.6. The SMILES string of the molecule is COCCOCCOc1ccnc(CS(=O)c2nc3ccc(OC)cc3[nH]2)c1C. The molecule has 2 aromatic heterocycles. The molecule has 3 aromatic rings. The van der Waals surface area contributed by atoms with Crippen LogP contribution in [0.3, 0.4) is 0 Å². The molecule has 1 aromatic carbocycles. The molecule has 0 spiro atoms. The van der Waals surface area contributed by atoms with Gasteiger partial charge in [-0.25, -0.2) is 4.98 Å². The molecule has 0 aliphatic carbocycles. The first-order valence-electron chi connectivity index (χ1n) is 9.18. The number of aromatic nitrogens is 3. The lowest BCUT2D eigenvalue weighted by molar-refractivity contribution is 0.0543. The van der Waals surface area contributed by atoms with Gasteiger partial charge >= 0.3 is 0 Å². The number of pyridine rings is 1. The predicted molar refractivity (Wildman–Crippen MR) is 110 cm³/mol. The topological polar surface area (TPSA) is 95.6 Å². The van der Waals surface area contributed by atoms with E-state index in [4.69, 9.17) is 18.9 Å². The van der Waals surface area contributed by atoms with Gasteiger partial charge in [-0.05, 0) is 25.1 Å². The van der Waals surface area contributed by atoms with Crippen LogP contribution in [0.1, 0.15) is 11.3 Å².